The van der Waals surface area contributed by atoms with Crippen molar-refractivity contribution >= 4 is 0 Å². The van der Waals surface area contributed by atoms with Crippen molar-refractivity contribution in [1.29, 1.82) is 10.8 Å². The first-order valence-corrected chi connectivity index (χ1v) is 19.1. The second kappa shape index (κ2) is 31.1. The van der Waals surface area contributed by atoms with Crippen LogP contribution in [-0.4, -0.2) is 0 Å². The Morgan fingerprint density at radius 3 is 0.328 bits per heavy atom. The van der Waals surface area contributed by atoms with Gasteiger partial charge in [-0.05, 0) is 0 Å². The molecule has 0 aliphatic heterocycles. The molecule has 2 nitrogen and oxygen atoms in total. The van der Waals surface area contributed by atoms with Gasteiger partial charge >= 0.3 is 42.1 Å². The summed E-state index contributed by atoms with van der Waals surface area (Å²) < 4.78 is 0. The van der Waals surface area contributed by atoms with E-state index in [2.05, 4.69) is 234 Å². The van der Waals surface area contributed by atoms with Crippen molar-refractivity contribution in [3.63, 3.8) is 0 Å². The first-order valence-electron chi connectivity index (χ1n) is 19.1. The van der Waals surface area contributed by atoms with Crippen molar-refractivity contribution < 1.29 is 42.1 Å². The van der Waals surface area contributed by atoms with E-state index in [-0.39, 0.29) is 42.1 Å². The molecule has 0 heterocycles. The van der Waals surface area contributed by atoms with Crippen molar-refractivity contribution in [3.05, 3.63) is 209 Å². The zero-order chi connectivity index (χ0) is 43.1. The third-order valence-electron chi connectivity index (χ3n) is 7.70. The number of hydrogen-bond acceptors (Lipinski definition) is 2. The topological polar surface area (TPSA) is 47.6 Å². The third-order valence-corrected chi connectivity index (χ3v) is 7.70. The molecule has 0 aliphatic carbocycles. The molecule has 0 amide bonds. The van der Waals surface area contributed by atoms with Crippen LogP contribution in [0.1, 0.15) is 100 Å². The Hall–Kier alpha value is -3.88. The summed E-state index contributed by atoms with van der Waals surface area (Å²) in [4.78, 5) is 0. The van der Waals surface area contributed by atoms with E-state index in [0.717, 1.165) is 0 Å². The van der Waals surface area contributed by atoms with Crippen LogP contribution in [0.4, 0.5) is 0 Å². The fourth-order valence-electron chi connectivity index (χ4n) is 6.65. The number of benzene rings is 6. The van der Waals surface area contributed by atoms with E-state index in [9.17, 15) is 0 Å². The monoisotopic (exact) mass is 938 g/mol. The van der Waals surface area contributed by atoms with E-state index in [1.165, 1.54) is 100 Å². The molecule has 2 radical (unpaired) electrons. The Bertz CT molecular complexity index is 1420. The molecule has 304 valence electrons. The summed E-state index contributed by atoms with van der Waals surface area (Å²) in [5.41, 5.74) is 22.7. The molecule has 0 atom stereocenters. The second-order valence-corrected chi connectivity index (χ2v) is 15.1. The zero-order valence-electron chi connectivity index (χ0n) is 38.6. The van der Waals surface area contributed by atoms with Crippen LogP contribution in [0, 0.1) is 172 Å². The molecule has 0 bridgehead atoms. The van der Waals surface area contributed by atoms with Gasteiger partial charge in [0.05, 0.1) is 0 Å². The average molecular weight is 935 g/mol. The predicted octanol–water partition coefficient (Wildman–Crippen LogP) is 14.5. The molecule has 4 heteroatoms. The molecule has 6 aromatic rings. The van der Waals surface area contributed by atoms with E-state index >= 15 is 0 Å². The maximum Gasteiger partial charge on any atom is 3.00 e. The molecule has 0 aromatic heterocycles. The SMILES string of the molecule is Cc1[c-]c(C)cc(C)c1.Cc1[c-]c(C)cc(C)c1.Cc1[c-]c(C)cc(C)c1.Cc1[c-]c(C)cc(C)c1.Cc1[c-]c(C)cc(C)c1.Cc1[c-]c(C)cc(C)c1.N#N.[Mo+3].[Mo+3]. The second-order valence-electron chi connectivity index (χ2n) is 15.1. The van der Waals surface area contributed by atoms with Crippen LogP contribution in [-0.2, 0) is 42.1 Å². The van der Waals surface area contributed by atoms with Gasteiger partial charge in [-0.1, -0.05) is 125 Å². The van der Waals surface area contributed by atoms with Gasteiger partial charge in [-0.3, -0.25) is 0 Å². The van der Waals surface area contributed by atoms with Crippen molar-refractivity contribution in [1.82, 2.24) is 0 Å². The van der Waals surface area contributed by atoms with Gasteiger partial charge in [-0.25, -0.2) is 0 Å². The molecule has 0 fully saturated rings. The van der Waals surface area contributed by atoms with Crippen LogP contribution >= 0.6 is 0 Å². The summed E-state index contributed by atoms with van der Waals surface area (Å²) >= 11 is 0. The van der Waals surface area contributed by atoms with Crippen LogP contribution in [0.3, 0.4) is 0 Å². The largest absolute Gasteiger partial charge is 3.00 e. The van der Waals surface area contributed by atoms with E-state index in [0.29, 0.717) is 0 Å². The Labute approximate surface area is 384 Å². The molecular formula is C54H66Mo2N2. The maximum absolute atomic E-state index is 6.00. The van der Waals surface area contributed by atoms with Gasteiger partial charge in [0.1, 0.15) is 0 Å². The number of aryl methyl sites for hydroxylation is 18. The Balaban J connectivity index is -0.000000616. The first kappa shape index (κ1) is 58.4. The van der Waals surface area contributed by atoms with Gasteiger partial charge < -0.3 is 0 Å². The average Bonchev–Trinajstić information content (AvgIpc) is 2.99. The van der Waals surface area contributed by atoms with Crippen LogP contribution < -0.4 is 0 Å². The molecule has 58 heavy (non-hydrogen) atoms. The molecule has 0 saturated carbocycles. The fraction of sp³-hybridized carbons (Fsp3) is 0.333. The van der Waals surface area contributed by atoms with Crippen molar-refractivity contribution in [2.45, 2.75) is 125 Å². The van der Waals surface area contributed by atoms with E-state index in [4.69, 9.17) is 10.8 Å². The normalized spacial score (nSPS) is 9.03. The van der Waals surface area contributed by atoms with Gasteiger partial charge in [0.15, 0.2) is 0 Å². The van der Waals surface area contributed by atoms with Gasteiger partial charge in [-0.15, -0.1) is 0 Å². The minimum atomic E-state index is 0. The van der Waals surface area contributed by atoms with Crippen molar-refractivity contribution in [3.8, 4) is 0 Å². The van der Waals surface area contributed by atoms with Crippen LogP contribution in [0.5, 0.6) is 0 Å². The molecular weight excluding hydrogens is 868 g/mol. The minimum Gasteiger partial charge on any atom is -0.177 e. The fourth-order valence-corrected chi connectivity index (χ4v) is 6.65. The number of nitrogens with zero attached hydrogens (tertiary/aromatic N) is 2. The summed E-state index contributed by atoms with van der Waals surface area (Å²) in [6, 6.07) is 44.8. The standard InChI is InChI=1S/6C9H11.2Mo.N2/c6*1-7-4-8(2)6-9(3)5-7;;;1-2/h6*4-5H,1-3H3;;;/q6*-1;2*+3;. The van der Waals surface area contributed by atoms with Crippen molar-refractivity contribution in [2.75, 3.05) is 0 Å². The molecule has 0 saturated heterocycles. The number of hydrogen-bond donors (Lipinski definition) is 0. The zero-order valence-corrected chi connectivity index (χ0v) is 42.7. The van der Waals surface area contributed by atoms with Gasteiger partial charge in [-0.2, -0.15) is 209 Å². The molecule has 6 aromatic carbocycles. The predicted molar refractivity (Wildman–Crippen MR) is 240 cm³/mol. The summed E-state index contributed by atoms with van der Waals surface area (Å²) in [5, 5.41) is 12.0. The first-order chi connectivity index (χ1) is 26.1. The molecule has 0 unspecified atom stereocenters. The molecule has 0 N–H and O–H groups in total. The third kappa shape index (κ3) is 29.3. The van der Waals surface area contributed by atoms with E-state index in [1.54, 1.807) is 0 Å². The van der Waals surface area contributed by atoms with Crippen molar-refractivity contribution in [2.24, 2.45) is 0 Å². The van der Waals surface area contributed by atoms with E-state index < -0.39 is 0 Å². The smallest absolute Gasteiger partial charge is 0.177 e. The van der Waals surface area contributed by atoms with Gasteiger partial charge in [0, 0.05) is 10.8 Å². The van der Waals surface area contributed by atoms with Crippen LogP contribution in [0.2, 0.25) is 0 Å². The quantitative estimate of drug-likeness (QED) is 0.0865. The molecule has 0 aliphatic rings. The summed E-state index contributed by atoms with van der Waals surface area (Å²) in [6.45, 7) is 37.5. The summed E-state index contributed by atoms with van der Waals surface area (Å²) in [6.07, 6.45) is 0. The molecule has 0 spiro atoms. The summed E-state index contributed by atoms with van der Waals surface area (Å²) in [7, 11) is 0. The minimum absolute atomic E-state index is 0. The van der Waals surface area contributed by atoms with Crippen LogP contribution in [0.25, 0.3) is 0 Å². The Kier molecular flexibility index (Phi) is 31.3. The van der Waals surface area contributed by atoms with Gasteiger partial charge in [0.2, 0.25) is 0 Å². The number of rotatable bonds is 0. The van der Waals surface area contributed by atoms with Gasteiger partial charge in [0.25, 0.3) is 0 Å². The van der Waals surface area contributed by atoms with E-state index in [1.807, 2.05) is 0 Å². The molecule has 6 rings (SSSR count). The Morgan fingerprint density at radius 1 is 0.207 bits per heavy atom. The Morgan fingerprint density at radius 2 is 0.276 bits per heavy atom. The van der Waals surface area contributed by atoms with Crippen LogP contribution in [0.15, 0.2) is 72.8 Å². The maximum atomic E-state index is 6.00. The summed E-state index contributed by atoms with van der Waals surface area (Å²) in [5.74, 6) is 0.